The second-order valence-electron chi connectivity index (χ2n) is 4.83. The Bertz CT molecular complexity index is 392. The van der Waals surface area contributed by atoms with E-state index in [2.05, 4.69) is 13.8 Å². The Hall–Kier alpha value is -1.02. The van der Waals surface area contributed by atoms with Crippen molar-refractivity contribution in [3.8, 4) is 5.75 Å². The first-order chi connectivity index (χ1) is 6.99. The van der Waals surface area contributed by atoms with Gasteiger partial charge in [-0.2, -0.15) is 0 Å². The number of phenols is 1. The van der Waals surface area contributed by atoms with Gasteiger partial charge in [0.25, 0.3) is 0 Å². The molecule has 1 fully saturated rings. The van der Waals surface area contributed by atoms with Crippen molar-refractivity contribution in [3.63, 3.8) is 0 Å². The highest BCUT2D eigenvalue weighted by Crippen LogP contribution is 2.52. The van der Waals surface area contributed by atoms with Gasteiger partial charge in [-0.15, -0.1) is 0 Å². The van der Waals surface area contributed by atoms with E-state index in [1.807, 2.05) is 13.0 Å². The molecule has 82 valence electrons. The third-order valence-corrected chi connectivity index (χ3v) is 3.96. The fourth-order valence-electron chi connectivity index (χ4n) is 2.45. The van der Waals surface area contributed by atoms with E-state index in [0.717, 1.165) is 5.56 Å². The summed E-state index contributed by atoms with van der Waals surface area (Å²) in [5.41, 5.74) is 9.75. The first-order valence-corrected chi connectivity index (χ1v) is 5.54. The zero-order chi connectivity index (χ0) is 11.2. The van der Waals surface area contributed by atoms with E-state index in [9.17, 15) is 5.11 Å². The van der Waals surface area contributed by atoms with Gasteiger partial charge in [-0.3, -0.25) is 0 Å². The van der Waals surface area contributed by atoms with Gasteiger partial charge in [0.15, 0.2) is 0 Å². The van der Waals surface area contributed by atoms with Crippen LogP contribution in [0.25, 0.3) is 0 Å². The van der Waals surface area contributed by atoms with Crippen LogP contribution in [0, 0.1) is 13.8 Å². The largest absolute Gasteiger partial charge is 0.508 e. The van der Waals surface area contributed by atoms with Gasteiger partial charge in [0, 0.05) is 11.5 Å². The molecule has 1 atom stereocenters. The second-order valence-corrected chi connectivity index (χ2v) is 4.83. The van der Waals surface area contributed by atoms with Crippen molar-refractivity contribution in [1.82, 2.24) is 0 Å². The SMILES string of the molecule is Cc1c(O)ccc(C2(C(C)N)CC2)c1C. The Kier molecular flexibility index (Phi) is 2.27. The Morgan fingerprint density at radius 3 is 2.33 bits per heavy atom. The molecule has 1 aliphatic carbocycles. The maximum absolute atomic E-state index is 9.62. The van der Waals surface area contributed by atoms with Crippen molar-refractivity contribution < 1.29 is 5.11 Å². The van der Waals surface area contributed by atoms with E-state index in [1.165, 1.54) is 24.0 Å². The molecule has 1 aromatic carbocycles. The zero-order valence-electron chi connectivity index (χ0n) is 9.67. The maximum atomic E-state index is 9.62. The normalized spacial score (nSPS) is 20.0. The van der Waals surface area contributed by atoms with E-state index < -0.39 is 0 Å². The maximum Gasteiger partial charge on any atom is 0.118 e. The summed E-state index contributed by atoms with van der Waals surface area (Å²) in [5, 5.41) is 9.62. The van der Waals surface area contributed by atoms with E-state index in [1.54, 1.807) is 6.07 Å². The topological polar surface area (TPSA) is 46.2 Å². The first-order valence-electron chi connectivity index (χ1n) is 5.54. The van der Waals surface area contributed by atoms with Crippen molar-refractivity contribution in [2.45, 2.75) is 45.1 Å². The average Bonchev–Trinajstić information content (AvgIpc) is 2.95. The summed E-state index contributed by atoms with van der Waals surface area (Å²) in [4.78, 5) is 0. The minimum atomic E-state index is 0.183. The van der Waals surface area contributed by atoms with Gasteiger partial charge in [0.2, 0.25) is 0 Å². The Morgan fingerprint density at radius 2 is 1.87 bits per heavy atom. The predicted octanol–water partition coefficient (Wildman–Crippen LogP) is 2.39. The summed E-state index contributed by atoms with van der Waals surface area (Å²) < 4.78 is 0. The van der Waals surface area contributed by atoms with E-state index in [0.29, 0.717) is 5.75 Å². The van der Waals surface area contributed by atoms with Crippen molar-refractivity contribution >= 4 is 0 Å². The molecule has 15 heavy (non-hydrogen) atoms. The van der Waals surface area contributed by atoms with Crippen LogP contribution >= 0.6 is 0 Å². The lowest BCUT2D eigenvalue weighted by molar-refractivity contribution is 0.468. The number of benzene rings is 1. The van der Waals surface area contributed by atoms with Crippen LogP contribution in [-0.2, 0) is 5.41 Å². The van der Waals surface area contributed by atoms with Crippen LogP contribution < -0.4 is 5.73 Å². The third-order valence-electron chi connectivity index (χ3n) is 3.96. The van der Waals surface area contributed by atoms with Crippen LogP contribution in [0.4, 0.5) is 0 Å². The Labute approximate surface area is 91.1 Å². The van der Waals surface area contributed by atoms with E-state index >= 15 is 0 Å². The monoisotopic (exact) mass is 205 g/mol. The summed E-state index contributed by atoms with van der Waals surface area (Å²) in [5.74, 6) is 0.386. The molecule has 2 heteroatoms. The Morgan fingerprint density at radius 1 is 1.27 bits per heavy atom. The lowest BCUT2D eigenvalue weighted by atomic mass is 9.85. The van der Waals surface area contributed by atoms with Gasteiger partial charge < -0.3 is 10.8 Å². The standard InChI is InChI=1S/C13H19NO/c1-8-9(2)12(15)5-4-11(8)13(6-7-13)10(3)14/h4-5,10,15H,6-7,14H2,1-3H3. The highest BCUT2D eigenvalue weighted by molar-refractivity contribution is 5.48. The van der Waals surface area contributed by atoms with Gasteiger partial charge in [0.1, 0.15) is 5.75 Å². The molecular weight excluding hydrogens is 186 g/mol. The third kappa shape index (κ3) is 1.44. The number of aromatic hydroxyl groups is 1. The number of nitrogens with two attached hydrogens (primary N) is 1. The van der Waals surface area contributed by atoms with Gasteiger partial charge in [-0.05, 0) is 56.4 Å². The molecule has 1 aromatic rings. The first kappa shape index (κ1) is 10.5. The van der Waals surface area contributed by atoms with E-state index in [4.69, 9.17) is 5.73 Å². The number of hydrogen-bond acceptors (Lipinski definition) is 2. The summed E-state index contributed by atoms with van der Waals surface area (Å²) >= 11 is 0. The lowest BCUT2D eigenvalue weighted by Crippen LogP contribution is -2.32. The lowest BCUT2D eigenvalue weighted by Gasteiger charge is -2.23. The van der Waals surface area contributed by atoms with Crippen LogP contribution in [0.1, 0.15) is 36.5 Å². The molecule has 0 heterocycles. The molecule has 3 N–H and O–H groups in total. The molecule has 0 amide bonds. The van der Waals surface area contributed by atoms with Crippen LogP contribution in [0.15, 0.2) is 12.1 Å². The smallest absolute Gasteiger partial charge is 0.118 e. The minimum Gasteiger partial charge on any atom is -0.508 e. The van der Waals surface area contributed by atoms with Crippen LogP contribution in [-0.4, -0.2) is 11.1 Å². The molecular formula is C13H19NO. The fraction of sp³-hybridized carbons (Fsp3) is 0.538. The van der Waals surface area contributed by atoms with Crippen molar-refractivity contribution in [1.29, 1.82) is 0 Å². The molecule has 1 unspecified atom stereocenters. The molecule has 0 spiro atoms. The highest BCUT2D eigenvalue weighted by Gasteiger charge is 2.48. The van der Waals surface area contributed by atoms with E-state index in [-0.39, 0.29) is 11.5 Å². The molecule has 0 aliphatic heterocycles. The van der Waals surface area contributed by atoms with Crippen LogP contribution in [0.2, 0.25) is 0 Å². The Balaban J connectivity index is 2.51. The van der Waals surface area contributed by atoms with Crippen LogP contribution in [0.5, 0.6) is 5.75 Å². The molecule has 0 saturated heterocycles. The van der Waals surface area contributed by atoms with Crippen molar-refractivity contribution in [3.05, 3.63) is 28.8 Å². The molecule has 2 nitrogen and oxygen atoms in total. The summed E-state index contributed by atoms with van der Waals surface area (Å²) in [6, 6.07) is 4.02. The second kappa shape index (κ2) is 3.24. The molecule has 0 aromatic heterocycles. The van der Waals surface area contributed by atoms with Crippen molar-refractivity contribution in [2.75, 3.05) is 0 Å². The zero-order valence-corrected chi connectivity index (χ0v) is 9.67. The summed E-state index contributed by atoms with van der Waals surface area (Å²) in [6.07, 6.45) is 2.35. The number of hydrogen-bond donors (Lipinski definition) is 2. The molecule has 2 rings (SSSR count). The van der Waals surface area contributed by atoms with Gasteiger partial charge in [0.05, 0.1) is 0 Å². The van der Waals surface area contributed by atoms with Gasteiger partial charge in [-0.25, -0.2) is 0 Å². The molecule has 0 radical (unpaired) electrons. The molecule has 1 saturated carbocycles. The number of rotatable bonds is 2. The average molecular weight is 205 g/mol. The number of phenolic OH excluding ortho intramolecular Hbond substituents is 1. The molecule has 1 aliphatic rings. The van der Waals surface area contributed by atoms with Gasteiger partial charge >= 0.3 is 0 Å². The highest BCUT2D eigenvalue weighted by atomic mass is 16.3. The summed E-state index contributed by atoms with van der Waals surface area (Å²) in [6.45, 7) is 6.12. The van der Waals surface area contributed by atoms with Crippen LogP contribution in [0.3, 0.4) is 0 Å². The predicted molar refractivity (Wildman–Crippen MR) is 62.1 cm³/mol. The van der Waals surface area contributed by atoms with Crippen molar-refractivity contribution in [2.24, 2.45) is 5.73 Å². The quantitative estimate of drug-likeness (QED) is 0.778. The molecule has 0 bridgehead atoms. The minimum absolute atomic E-state index is 0.183. The van der Waals surface area contributed by atoms with Gasteiger partial charge in [-0.1, -0.05) is 6.07 Å². The summed E-state index contributed by atoms with van der Waals surface area (Å²) in [7, 11) is 0. The fourth-order valence-corrected chi connectivity index (χ4v) is 2.45.